The third kappa shape index (κ3) is 4.90. The molecule has 2 heterocycles. The number of likely N-dealkylation sites (tertiary alicyclic amines) is 1. The standard InChI is InChI=1S/C26H33N7O3/c1-16-5-4-12-33(16)25(36)26(2,30-15-23(34)35)18-8-11-21-20(13-18)31-22(32(21)3)14-29-19-9-6-17(7-10-19)24(27)28/h6-11,13,16,29-30H,4-5,12,14-15H2,1-3H3,(H3,27,28)(H,34,35)/t16?,26-/m1/s1. The number of imidazole rings is 1. The van der Waals surface area contributed by atoms with Gasteiger partial charge in [0.25, 0.3) is 0 Å². The van der Waals surface area contributed by atoms with Crippen molar-refractivity contribution in [2.45, 2.75) is 44.8 Å². The smallest absolute Gasteiger partial charge is 0.317 e. The zero-order valence-corrected chi connectivity index (χ0v) is 20.8. The van der Waals surface area contributed by atoms with Crippen molar-refractivity contribution in [1.82, 2.24) is 19.8 Å². The Hall–Kier alpha value is -3.92. The van der Waals surface area contributed by atoms with Gasteiger partial charge in [0.15, 0.2) is 0 Å². The number of amidine groups is 1. The zero-order chi connectivity index (χ0) is 26.0. The van der Waals surface area contributed by atoms with Crippen molar-refractivity contribution in [3.63, 3.8) is 0 Å². The molecule has 10 heteroatoms. The third-order valence-electron chi connectivity index (χ3n) is 7.03. The minimum Gasteiger partial charge on any atom is -0.480 e. The molecule has 1 aromatic heterocycles. The molecular weight excluding hydrogens is 458 g/mol. The highest BCUT2D eigenvalue weighted by Crippen LogP contribution is 2.30. The Balaban J connectivity index is 1.61. The number of aromatic nitrogens is 2. The van der Waals surface area contributed by atoms with Crippen molar-refractivity contribution in [2.75, 3.05) is 18.4 Å². The van der Waals surface area contributed by atoms with E-state index in [0.717, 1.165) is 35.4 Å². The van der Waals surface area contributed by atoms with Gasteiger partial charge >= 0.3 is 5.97 Å². The number of hydrogen-bond donors (Lipinski definition) is 5. The van der Waals surface area contributed by atoms with E-state index in [4.69, 9.17) is 16.1 Å². The van der Waals surface area contributed by atoms with E-state index in [9.17, 15) is 14.7 Å². The Bertz CT molecular complexity index is 1300. The molecule has 2 atom stereocenters. The average Bonchev–Trinajstić information content (AvgIpc) is 3.43. The summed E-state index contributed by atoms with van der Waals surface area (Å²) in [5.41, 5.74) is 8.18. The first kappa shape index (κ1) is 25.2. The predicted octanol–water partition coefficient (Wildman–Crippen LogP) is 2.37. The van der Waals surface area contributed by atoms with Crippen molar-refractivity contribution >= 4 is 34.4 Å². The number of hydrogen-bond acceptors (Lipinski definition) is 6. The summed E-state index contributed by atoms with van der Waals surface area (Å²) in [4.78, 5) is 31.6. The van der Waals surface area contributed by atoms with Gasteiger partial charge in [-0.3, -0.25) is 20.3 Å². The van der Waals surface area contributed by atoms with Gasteiger partial charge in [0.05, 0.1) is 24.1 Å². The number of benzene rings is 2. The number of amides is 1. The lowest BCUT2D eigenvalue weighted by atomic mass is 9.89. The van der Waals surface area contributed by atoms with Gasteiger partial charge in [0.2, 0.25) is 5.91 Å². The van der Waals surface area contributed by atoms with Crippen LogP contribution in [0.4, 0.5) is 5.69 Å². The largest absolute Gasteiger partial charge is 0.480 e. The van der Waals surface area contributed by atoms with Crippen molar-refractivity contribution in [1.29, 1.82) is 5.41 Å². The molecule has 190 valence electrons. The Morgan fingerprint density at radius 1 is 1.25 bits per heavy atom. The maximum Gasteiger partial charge on any atom is 0.317 e. The van der Waals surface area contributed by atoms with Crippen LogP contribution in [-0.4, -0.2) is 56.4 Å². The number of carbonyl (C=O) groups excluding carboxylic acids is 1. The molecule has 0 bridgehead atoms. The molecular formula is C26H33N7O3. The fourth-order valence-corrected chi connectivity index (χ4v) is 4.74. The molecule has 3 aromatic rings. The molecule has 1 aliphatic heterocycles. The molecule has 1 fully saturated rings. The van der Waals surface area contributed by atoms with Crippen LogP contribution in [0.25, 0.3) is 11.0 Å². The maximum atomic E-state index is 13.6. The lowest BCUT2D eigenvalue weighted by molar-refractivity contribution is -0.140. The lowest BCUT2D eigenvalue weighted by Crippen LogP contribution is -2.55. The quantitative estimate of drug-likeness (QED) is 0.228. The molecule has 1 saturated heterocycles. The highest BCUT2D eigenvalue weighted by atomic mass is 16.4. The first-order valence-electron chi connectivity index (χ1n) is 12.0. The molecule has 0 spiro atoms. The third-order valence-corrected chi connectivity index (χ3v) is 7.03. The average molecular weight is 492 g/mol. The van der Waals surface area contributed by atoms with E-state index >= 15 is 0 Å². The number of nitrogens with one attached hydrogen (secondary N) is 3. The van der Waals surface area contributed by atoms with Crippen molar-refractivity contribution in [3.8, 4) is 0 Å². The number of nitrogen functional groups attached to an aromatic ring is 1. The summed E-state index contributed by atoms with van der Waals surface area (Å²) >= 11 is 0. The second kappa shape index (κ2) is 9.98. The van der Waals surface area contributed by atoms with Gasteiger partial charge in [-0.2, -0.15) is 0 Å². The van der Waals surface area contributed by atoms with Crippen LogP contribution >= 0.6 is 0 Å². The number of aliphatic carboxylic acids is 1. The first-order valence-corrected chi connectivity index (χ1v) is 12.0. The first-order chi connectivity index (χ1) is 17.1. The van der Waals surface area contributed by atoms with Gasteiger partial charge in [0, 0.05) is 30.9 Å². The van der Waals surface area contributed by atoms with E-state index in [1.165, 1.54) is 0 Å². The van der Waals surface area contributed by atoms with Crippen LogP contribution in [0.15, 0.2) is 42.5 Å². The van der Waals surface area contributed by atoms with E-state index in [-0.39, 0.29) is 24.3 Å². The number of carboxylic acid groups (broad SMARTS) is 1. The number of carboxylic acids is 1. The van der Waals surface area contributed by atoms with E-state index < -0.39 is 11.5 Å². The van der Waals surface area contributed by atoms with Gasteiger partial charge in [-0.05, 0) is 68.7 Å². The Labute approximate surface area is 210 Å². The number of nitrogens with zero attached hydrogens (tertiary/aromatic N) is 3. The summed E-state index contributed by atoms with van der Waals surface area (Å²) in [6, 6.07) is 13.1. The second-order valence-corrected chi connectivity index (χ2v) is 9.50. The number of carbonyl (C=O) groups is 2. The van der Waals surface area contributed by atoms with Crippen LogP contribution < -0.4 is 16.4 Å². The fourth-order valence-electron chi connectivity index (χ4n) is 4.74. The summed E-state index contributed by atoms with van der Waals surface area (Å²) in [5.74, 6) is -0.320. The van der Waals surface area contributed by atoms with Crippen LogP contribution in [-0.2, 0) is 28.7 Å². The van der Waals surface area contributed by atoms with Crippen molar-refractivity contribution < 1.29 is 14.7 Å². The second-order valence-electron chi connectivity index (χ2n) is 9.50. The van der Waals surface area contributed by atoms with Crippen LogP contribution in [0.1, 0.15) is 43.6 Å². The monoisotopic (exact) mass is 491 g/mol. The lowest BCUT2D eigenvalue weighted by Gasteiger charge is -2.35. The Kier molecular flexibility index (Phi) is 6.98. The molecule has 36 heavy (non-hydrogen) atoms. The summed E-state index contributed by atoms with van der Waals surface area (Å²) < 4.78 is 1.99. The summed E-state index contributed by atoms with van der Waals surface area (Å²) in [7, 11) is 1.93. The molecule has 0 saturated carbocycles. The SMILES string of the molecule is CC1CCCN1C(=O)[C@](C)(NCC(=O)O)c1ccc2c(c1)nc(CNc1ccc(C(=N)N)cc1)n2C. The van der Waals surface area contributed by atoms with Crippen LogP contribution in [0, 0.1) is 5.41 Å². The molecule has 1 unspecified atom stereocenters. The molecule has 1 amide bonds. The maximum absolute atomic E-state index is 13.6. The molecule has 2 aromatic carbocycles. The van der Waals surface area contributed by atoms with Crippen LogP contribution in [0.2, 0.25) is 0 Å². The number of nitrogens with two attached hydrogens (primary N) is 1. The van der Waals surface area contributed by atoms with Gasteiger partial charge in [-0.15, -0.1) is 0 Å². The highest BCUT2D eigenvalue weighted by Gasteiger charge is 2.41. The van der Waals surface area contributed by atoms with Gasteiger partial charge in [-0.25, -0.2) is 4.98 Å². The summed E-state index contributed by atoms with van der Waals surface area (Å²) in [6.07, 6.45) is 1.88. The van der Waals surface area contributed by atoms with Gasteiger partial charge < -0.3 is 25.6 Å². The van der Waals surface area contributed by atoms with Gasteiger partial charge in [0.1, 0.15) is 17.2 Å². The van der Waals surface area contributed by atoms with Crippen molar-refractivity contribution in [2.24, 2.45) is 12.8 Å². The molecule has 10 nitrogen and oxygen atoms in total. The van der Waals surface area contributed by atoms with E-state index in [0.29, 0.717) is 24.2 Å². The highest BCUT2D eigenvalue weighted by molar-refractivity contribution is 5.95. The van der Waals surface area contributed by atoms with E-state index in [1.807, 2.05) is 53.8 Å². The molecule has 1 aliphatic rings. The molecule has 4 rings (SSSR count). The topological polar surface area (TPSA) is 149 Å². The van der Waals surface area contributed by atoms with Crippen LogP contribution in [0.5, 0.6) is 0 Å². The molecule has 0 aliphatic carbocycles. The molecule has 6 N–H and O–H groups in total. The number of anilines is 1. The minimum atomic E-state index is -1.19. The number of rotatable bonds is 9. The van der Waals surface area contributed by atoms with Crippen molar-refractivity contribution in [3.05, 3.63) is 59.4 Å². The normalized spacial score (nSPS) is 17.2. The minimum absolute atomic E-state index is 0.0234. The van der Waals surface area contributed by atoms with E-state index in [2.05, 4.69) is 10.6 Å². The van der Waals surface area contributed by atoms with Gasteiger partial charge in [-0.1, -0.05) is 6.07 Å². The summed E-state index contributed by atoms with van der Waals surface area (Å²) in [5, 5.41) is 23.1. The fraction of sp³-hybridized carbons (Fsp3) is 0.385. The summed E-state index contributed by atoms with van der Waals surface area (Å²) in [6.45, 7) is 4.58. The molecule has 0 radical (unpaired) electrons. The Morgan fingerprint density at radius 3 is 2.58 bits per heavy atom. The van der Waals surface area contributed by atoms with E-state index in [1.54, 1.807) is 19.1 Å². The zero-order valence-electron chi connectivity index (χ0n) is 20.8. The predicted molar refractivity (Wildman–Crippen MR) is 139 cm³/mol. The van der Waals surface area contributed by atoms with Crippen LogP contribution in [0.3, 0.4) is 0 Å². The Morgan fingerprint density at radius 2 is 1.97 bits per heavy atom. The number of aryl methyl sites for hydroxylation is 1. The number of fused-ring (bicyclic) bond motifs is 1.